The predicted molar refractivity (Wildman–Crippen MR) is 112 cm³/mol. The van der Waals surface area contributed by atoms with Crippen molar-refractivity contribution in [3.63, 3.8) is 0 Å². The summed E-state index contributed by atoms with van der Waals surface area (Å²) in [5, 5.41) is 3.21. The lowest BCUT2D eigenvalue weighted by atomic mass is 9.93. The Labute approximate surface area is 168 Å². The fourth-order valence-electron chi connectivity index (χ4n) is 3.50. The van der Waals surface area contributed by atoms with Crippen LogP contribution in [0.1, 0.15) is 19.3 Å². The number of ether oxygens (including phenoxy) is 1. The summed E-state index contributed by atoms with van der Waals surface area (Å²) in [7, 11) is 1.99. The van der Waals surface area contributed by atoms with Crippen molar-refractivity contribution >= 4 is 18.3 Å². The third-order valence-corrected chi connectivity index (χ3v) is 5.09. The number of hydrogen-bond acceptors (Lipinski definition) is 3. The molecule has 27 heavy (non-hydrogen) atoms. The molecular weight excluding hydrogens is 360 g/mol. The number of rotatable bonds is 7. The van der Waals surface area contributed by atoms with Crippen LogP contribution in [0, 0.1) is 5.92 Å². The first-order valence-electron chi connectivity index (χ1n) is 9.47. The van der Waals surface area contributed by atoms with Crippen LogP contribution in [0.5, 0.6) is 5.75 Å². The van der Waals surface area contributed by atoms with Crippen molar-refractivity contribution in [2.24, 2.45) is 5.92 Å². The highest BCUT2D eigenvalue weighted by Gasteiger charge is 2.22. The Balaban J connectivity index is 0.00000261. The molecule has 0 bridgehead atoms. The van der Waals surface area contributed by atoms with Gasteiger partial charge in [0.25, 0.3) is 5.91 Å². The van der Waals surface area contributed by atoms with E-state index in [2.05, 4.69) is 17.4 Å². The summed E-state index contributed by atoms with van der Waals surface area (Å²) in [5.41, 5.74) is 2.12. The molecule has 0 unspecified atom stereocenters. The molecule has 1 saturated heterocycles. The lowest BCUT2D eigenvalue weighted by molar-refractivity contribution is -0.134. The first kappa shape index (κ1) is 21.3. The standard InChI is InChI=1S/C22H28N2O2.ClH/c1-23-14-11-18-12-15-24(16-13-18)22(25)17-26-21-10-6-5-9-20(21)19-7-3-2-4-8-19;/h2-10,18,23H,11-17H2,1H3;1H. The second-order valence-corrected chi connectivity index (χ2v) is 6.87. The average Bonchev–Trinajstić information content (AvgIpc) is 2.71. The lowest BCUT2D eigenvalue weighted by Gasteiger charge is -2.32. The van der Waals surface area contributed by atoms with E-state index < -0.39 is 0 Å². The molecule has 3 rings (SSSR count). The number of para-hydroxylation sites is 1. The SMILES string of the molecule is CNCCC1CCN(C(=O)COc2ccccc2-c2ccccc2)CC1.Cl. The van der Waals surface area contributed by atoms with E-state index >= 15 is 0 Å². The molecular formula is C22H29ClN2O2. The highest BCUT2D eigenvalue weighted by Crippen LogP contribution is 2.29. The summed E-state index contributed by atoms with van der Waals surface area (Å²) < 4.78 is 5.90. The van der Waals surface area contributed by atoms with E-state index in [-0.39, 0.29) is 24.9 Å². The number of hydrogen-bond donors (Lipinski definition) is 1. The molecule has 1 amide bonds. The minimum atomic E-state index is 0. The molecule has 1 aliphatic rings. The van der Waals surface area contributed by atoms with Gasteiger partial charge in [-0.05, 0) is 50.4 Å². The predicted octanol–water partition coefficient (Wildman–Crippen LogP) is 4.00. The lowest BCUT2D eigenvalue weighted by Crippen LogP contribution is -2.41. The van der Waals surface area contributed by atoms with Crippen LogP contribution in [-0.4, -0.2) is 44.1 Å². The first-order valence-corrected chi connectivity index (χ1v) is 9.47. The molecule has 0 saturated carbocycles. The molecule has 0 spiro atoms. The third-order valence-electron chi connectivity index (χ3n) is 5.09. The minimum absolute atomic E-state index is 0. The van der Waals surface area contributed by atoms with Crippen molar-refractivity contribution < 1.29 is 9.53 Å². The maximum atomic E-state index is 12.5. The third kappa shape index (κ3) is 5.98. The Hall–Kier alpha value is -2.04. The van der Waals surface area contributed by atoms with Gasteiger partial charge in [-0.25, -0.2) is 0 Å². The number of carbonyl (C=O) groups excluding carboxylic acids is 1. The quantitative estimate of drug-likeness (QED) is 0.779. The fraction of sp³-hybridized carbons (Fsp3) is 0.409. The molecule has 0 aliphatic carbocycles. The van der Waals surface area contributed by atoms with Crippen molar-refractivity contribution in [3.8, 4) is 16.9 Å². The average molecular weight is 389 g/mol. The summed E-state index contributed by atoms with van der Waals surface area (Å²) in [6.45, 7) is 2.84. The molecule has 2 aromatic carbocycles. The van der Waals surface area contributed by atoms with E-state index in [9.17, 15) is 4.79 Å². The summed E-state index contributed by atoms with van der Waals surface area (Å²) in [4.78, 5) is 14.5. The van der Waals surface area contributed by atoms with Crippen molar-refractivity contribution in [3.05, 3.63) is 54.6 Å². The van der Waals surface area contributed by atoms with Gasteiger partial charge in [0.2, 0.25) is 0 Å². The van der Waals surface area contributed by atoms with E-state index in [1.165, 1.54) is 6.42 Å². The van der Waals surface area contributed by atoms with Crippen LogP contribution in [0.25, 0.3) is 11.1 Å². The highest BCUT2D eigenvalue weighted by atomic mass is 35.5. The van der Waals surface area contributed by atoms with E-state index in [0.717, 1.165) is 55.3 Å². The molecule has 5 heteroatoms. The monoisotopic (exact) mass is 388 g/mol. The molecule has 146 valence electrons. The van der Waals surface area contributed by atoms with Crippen LogP contribution in [0.2, 0.25) is 0 Å². The Kier molecular flexibility index (Phi) is 8.62. The molecule has 2 aromatic rings. The smallest absolute Gasteiger partial charge is 0.260 e. The van der Waals surface area contributed by atoms with Gasteiger partial charge < -0.3 is 15.0 Å². The van der Waals surface area contributed by atoms with Crippen molar-refractivity contribution in [1.29, 1.82) is 0 Å². The molecule has 0 radical (unpaired) electrons. The normalized spacial score (nSPS) is 14.5. The van der Waals surface area contributed by atoms with Gasteiger partial charge in [0.05, 0.1) is 0 Å². The van der Waals surface area contributed by atoms with Gasteiger partial charge in [-0.15, -0.1) is 12.4 Å². The van der Waals surface area contributed by atoms with Gasteiger partial charge in [0.1, 0.15) is 5.75 Å². The number of benzene rings is 2. The number of nitrogens with one attached hydrogen (secondary N) is 1. The molecule has 1 N–H and O–H groups in total. The van der Waals surface area contributed by atoms with Gasteiger partial charge in [-0.1, -0.05) is 48.5 Å². The van der Waals surface area contributed by atoms with Crippen LogP contribution < -0.4 is 10.1 Å². The minimum Gasteiger partial charge on any atom is -0.483 e. The van der Waals surface area contributed by atoms with Gasteiger partial charge in [-0.2, -0.15) is 0 Å². The van der Waals surface area contributed by atoms with Gasteiger partial charge in [0, 0.05) is 18.7 Å². The van der Waals surface area contributed by atoms with Crippen LogP contribution in [0.15, 0.2) is 54.6 Å². The highest BCUT2D eigenvalue weighted by molar-refractivity contribution is 5.85. The zero-order valence-electron chi connectivity index (χ0n) is 15.9. The Morgan fingerprint density at radius 2 is 1.74 bits per heavy atom. The van der Waals surface area contributed by atoms with E-state index in [4.69, 9.17) is 4.74 Å². The fourth-order valence-corrected chi connectivity index (χ4v) is 3.50. The molecule has 1 heterocycles. The Morgan fingerprint density at radius 3 is 2.44 bits per heavy atom. The first-order chi connectivity index (χ1) is 12.8. The summed E-state index contributed by atoms with van der Waals surface area (Å²) in [6, 6.07) is 18.0. The topological polar surface area (TPSA) is 41.6 Å². The second-order valence-electron chi connectivity index (χ2n) is 6.87. The van der Waals surface area contributed by atoms with Crippen LogP contribution in [-0.2, 0) is 4.79 Å². The van der Waals surface area contributed by atoms with E-state index in [1.807, 2.05) is 54.4 Å². The zero-order chi connectivity index (χ0) is 18.2. The van der Waals surface area contributed by atoms with E-state index in [1.54, 1.807) is 0 Å². The largest absolute Gasteiger partial charge is 0.483 e. The van der Waals surface area contributed by atoms with Crippen molar-refractivity contribution in [2.45, 2.75) is 19.3 Å². The van der Waals surface area contributed by atoms with Crippen LogP contribution >= 0.6 is 12.4 Å². The number of nitrogens with zero attached hydrogens (tertiary/aromatic N) is 1. The van der Waals surface area contributed by atoms with Gasteiger partial charge >= 0.3 is 0 Å². The molecule has 1 aliphatic heterocycles. The Morgan fingerprint density at radius 1 is 1.07 bits per heavy atom. The van der Waals surface area contributed by atoms with Gasteiger partial charge in [0.15, 0.2) is 6.61 Å². The number of halogens is 1. The van der Waals surface area contributed by atoms with Crippen LogP contribution in [0.3, 0.4) is 0 Å². The number of likely N-dealkylation sites (tertiary alicyclic amines) is 1. The molecule has 0 aromatic heterocycles. The maximum Gasteiger partial charge on any atom is 0.260 e. The van der Waals surface area contributed by atoms with Crippen molar-refractivity contribution in [1.82, 2.24) is 10.2 Å². The van der Waals surface area contributed by atoms with E-state index in [0.29, 0.717) is 0 Å². The molecule has 1 fully saturated rings. The summed E-state index contributed by atoms with van der Waals surface area (Å²) in [5.74, 6) is 1.57. The second kappa shape index (κ2) is 11.0. The zero-order valence-corrected chi connectivity index (χ0v) is 16.7. The van der Waals surface area contributed by atoms with Crippen LogP contribution in [0.4, 0.5) is 0 Å². The number of piperidine rings is 1. The van der Waals surface area contributed by atoms with Gasteiger partial charge in [-0.3, -0.25) is 4.79 Å². The Bertz CT molecular complexity index is 700. The van der Waals surface area contributed by atoms with Crippen molar-refractivity contribution in [2.75, 3.05) is 33.3 Å². The summed E-state index contributed by atoms with van der Waals surface area (Å²) in [6.07, 6.45) is 3.38. The molecule has 0 atom stereocenters. The maximum absolute atomic E-state index is 12.5. The number of carbonyl (C=O) groups is 1. The summed E-state index contributed by atoms with van der Waals surface area (Å²) >= 11 is 0. The molecule has 4 nitrogen and oxygen atoms in total. The number of amides is 1.